The van der Waals surface area contributed by atoms with E-state index in [4.69, 9.17) is 4.74 Å². The summed E-state index contributed by atoms with van der Waals surface area (Å²) >= 11 is 0. The fourth-order valence-electron chi connectivity index (χ4n) is 2.85. The molecule has 0 radical (unpaired) electrons. The lowest BCUT2D eigenvalue weighted by molar-refractivity contribution is -0.134. The molecule has 0 aliphatic rings. The predicted octanol–water partition coefficient (Wildman–Crippen LogP) is 3.86. The van der Waals surface area contributed by atoms with E-state index in [0.29, 0.717) is 5.56 Å². The Balaban J connectivity index is 1.96. The summed E-state index contributed by atoms with van der Waals surface area (Å²) in [6.07, 6.45) is 3.03. The van der Waals surface area contributed by atoms with Gasteiger partial charge >= 0.3 is 6.61 Å². The Morgan fingerprint density at radius 2 is 1.84 bits per heavy atom. The number of nitrogens with one attached hydrogen (secondary N) is 1. The van der Waals surface area contributed by atoms with Gasteiger partial charge in [-0.3, -0.25) is 9.59 Å². The number of halogens is 2. The highest BCUT2D eigenvalue weighted by Gasteiger charge is 2.20. The van der Waals surface area contributed by atoms with Gasteiger partial charge in [0.05, 0.1) is 6.61 Å². The number of ether oxygens (including phenoxy) is 2. The Labute approximate surface area is 180 Å². The van der Waals surface area contributed by atoms with Gasteiger partial charge in [0, 0.05) is 19.7 Å². The van der Waals surface area contributed by atoms with Crippen LogP contribution >= 0.6 is 0 Å². The minimum Gasteiger partial charge on any atom is -0.490 e. The van der Waals surface area contributed by atoms with Crippen molar-refractivity contribution in [2.45, 2.75) is 33.0 Å². The molecule has 0 bridgehead atoms. The van der Waals surface area contributed by atoms with Gasteiger partial charge < -0.3 is 19.7 Å². The van der Waals surface area contributed by atoms with Crippen LogP contribution in [0.25, 0.3) is 6.08 Å². The quantitative estimate of drug-likeness (QED) is 0.579. The van der Waals surface area contributed by atoms with Crippen molar-refractivity contribution in [1.82, 2.24) is 10.2 Å². The van der Waals surface area contributed by atoms with Crippen LogP contribution in [-0.2, 0) is 16.1 Å². The average molecular weight is 432 g/mol. The Bertz CT molecular complexity index is 904. The van der Waals surface area contributed by atoms with E-state index in [1.165, 1.54) is 17.0 Å². The maximum atomic E-state index is 12.6. The number of benzene rings is 2. The SMILES string of the molecule is CCOc1cc(CN(C)C(=O)C(C)NC(=O)/C=C/c2ccccc2)ccc1OC(F)F. The molecule has 31 heavy (non-hydrogen) atoms. The van der Waals surface area contributed by atoms with Crippen LogP contribution in [0, 0.1) is 0 Å². The molecule has 1 N–H and O–H groups in total. The number of nitrogens with zero attached hydrogens (tertiary/aromatic N) is 1. The molecule has 2 amide bonds. The number of carbonyl (C=O) groups excluding carboxylic acids is 2. The molecule has 166 valence electrons. The lowest BCUT2D eigenvalue weighted by atomic mass is 10.1. The smallest absolute Gasteiger partial charge is 0.387 e. The van der Waals surface area contributed by atoms with Gasteiger partial charge in [0.1, 0.15) is 6.04 Å². The van der Waals surface area contributed by atoms with Crippen LogP contribution in [0.1, 0.15) is 25.0 Å². The molecule has 2 rings (SSSR count). The molecular weight excluding hydrogens is 406 g/mol. The molecule has 1 atom stereocenters. The second kappa shape index (κ2) is 11.7. The van der Waals surface area contributed by atoms with Crippen molar-refractivity contribution in [2.75, 3.05) is 13.7 Å². The van der Waals surface area contributed by atoms with Crippen LogP contribution in [0.2, 0.25) is 0 Å². The maximum absolute atomic E-state index is 12.6. The highest BCUT2D eigenvalue weighted by Crippen LogP contribution is 2.30. The molecule has 0 saturated carbocycles. The minimum atomic E-state index is -2.96. The molecule has 0 heterocycles. The standard InChI is InChI=1S/C23H26F2N2O4/c1-4-30-20-14-18(10-12-19(20)31-23(24)25)15-27(3)22(29)16(2)26-21(28)13-11-17-8-6-5-7-9-17/h5-14,16,23H,4,15H2,1-3H3,(H,26,28)/b13-11+. The van der Waals surface area contributed by atoms with E-state index in [2.05, 4.69) is 10.1 Å². The van der Waals surface area contributed by atoms with Gasteiger partial charge in [-0.2, -0.15) is 8.78 Å². The van der Waals surface area contributed by atoms with Crippen LogP contribution in [-0.4, -0.2) is 43.0 Å². The van der Waals surface area contributed by atoms with Crippen LogP contribution in [0.4, 0.5) is 8.78 Å². The van der Waals surface area contributed by atoms with Crippen molar-refractivity contribution >= 4 is 17.9 Å². The Hall–Kier alpha value is -3.42. The van der Waals surface area contributed by atoms with Crippen molar-refractivity contribution in [3.05, 3.63) is 65.7 Å². The van der Waals surface area contributed by atoms with Gasteiger partial charge in [-0.05, 0) is 43.2 Å². The predicted molar refractivity (Wildman–Crippen MR) is 114 cm³/mol. The fraction of sp³-hybridized carbons (Fsp3) is 0.304. The van der Waals surface area contributed by atoms with Crippen molar-refractivity contribution in [3.8, 4) is 11.5 Å². The third-order valence-electron chi connectivity index (χ3n) is 4.28. The summed E-state index contributed by atoms with van der Waals surface area (Å²) in [7, 11) is 1.59. The Kier molecular flexibility index (Phi) is 8.99. The van der Waals surface area contributed by atoms with E-state index < -0.39 is 12.7 Å². The normalized spacial score (nSPS) is 11.9. The number of rotatable bonds is 10. The number of likely N-dealkylation sites (N-methyl/N-ethyl adjacent to an activating group) is 1. The summed E-state index contributed by atoms with van der Waals surface area (Å²) in [5, 5.41) is 2.63. The highest BCUT2D eigenvalue weighted by atomic mass is 19.3. The molecule has 0 spiro atoms. The summed E-state index contributed by atoms with van der Waals surface area (Å²) in [4.78, 5) is 26.1. The van der Waals surface area contributed by atoms with Crippen molar-refractivity contribution in [2.24, 2.45) is 0 Å². The van der Waals surface area contributed by atoms with Crippen LogP contribution in [0.3, 0.4) is 0 Å². The van der Waals surface area contributed by atoms with Gasteiger partial charge in [-0.1, -0.05) is 36.4 Å². The van der Waals surface area contributed by atoms with Crippen LogP contribution < -0.4 is 14.8 Å². The van der Waals surface area contributed by atoms with E-state index in [1.807, 2.05) is 30.3 Å². The largest absolute Gasteiger partial charge is 0.490 e. The van der Waals surface area contributed by atoms with Gasteiger partial charge in [0.2, 0.25) is 11.8 Å². The van der Waals surface area contributed by atoms with E-state index in [0.717, 1.165) is 5.56 Å². The number of carbonyl (C=O) groups is 2. The number of hydrogen-bond donors (Lipinski definition) is 1. The molecule has 6 nitrogen and oxygen atoms in total. The zero-order valence-electron chi connectivity index (χ0n) is 17.7. The first-order valence-electron chi connectivity index (χ1n) is 9.79. The molecule has 2 aromatic rings. The summed E-state index contributed by atoms with van der Waals surface area (Å²) in [6.45, 7) is 0.837. The monoisotopic (exact) mass is 432 g/mol. The molecule has 0 fully saturated rings. The van der Waals surface area contributed by atoms with Gasteiger partial charge in [0.25, 0.3) is 0 Å². The molecule has 0 aliphatic carbocycles. The van der Waals surface area contributed by atoms with E-state index >= 15 is 0 Å². The van der Waals surface area contributed by atoms with E-state index in [9.17, 15) is 18.4 Å². The summed E-state index contributed by atoms with van der Waals surface area (Å²) in [5.74, 6) is -0.577. The zero-order chi connectivity index (χ0) is 22.8. The lowest BCUT2D eigenvalue weighted by Crippen LogP contribution is -2.44. The summed E-state index contributed by atoms with van der Waals surface area (Å²) in [5.41, 5.74) is 1.54. The first-order valence-corrected chi connectivity index (χ1v) is 9.79. The molecule has 1 unspecified atom stereocenters. The number of hydrogen-bond acceptors (Lipinski definition) is 4. The highest BCUT2D eigenvalue weighted by molar-refractivity contribution is 5.95. The zero-order valence-corrected chi connectivity index (χ0v) is 17.7. The fourth-order valence-corrected chi connectivity index (χ4v) is 2.85. The Morgan fingerprint density at radius 1 is 1.13 bits per heavy atom. The average Bonchev–Trinajstić information content (AvgIpc) is 2.74. The van der Waals surface area contributed by atoms with Crippen molar-refractivity contribution in [3.63, 3.8) is 0 Å². The molecular formula is C23H26F2N2O4. The minimum absolute atomic E-state index is 0.0691. The van der Waals surface area contributed by atoms with Crippen molar-refractivity contribution < 1.29 is 27.8 Å². The second-order valence-corrected chi connectivity index (χ2v) is 6.76. The molecule has 0 aliphatic heterocycles. The van der Waals surface area contributed by atoms with E-state index in [1.54, 1.807) is 39.1 Å². The maximum Gasteiger partial charge on any atom is 0.387 e. The number of amides is 2. The van der Waals surface area contributed by atoms with E-state index in [-0.39, 0.29) is 36.5 Å². The second-order valence-electron chi connectivity index (χ2n) is 6.76. The first kappa shape index (κ1) is 23.9. The first-order chi connectivity index (χ1) is 14.8. The third kappa shape index (κ3) is 7.73. The lowest BCUT2D eigenvalue weighted by Gasteiger charge is -2.22. The van der Waals surface area contributed by atoms with Crippen LogP contribution in [0.15, 0.2) is 54.6 Å². The summed E-state index contributed by atoms with van der Waals surface area (Å²) < 4.78 is 34.9. The van der Waals surface area contributed by atoms with Gasteiger partial charge in [0.15, 0.2) is 11.5 Å². The van der Waals surface area contributed by atoms with Gasteiger partial charge in [-0.15, -0.1) is 0 Å². The molecule has 8 heteroatoms. The molecule has 2 aromatic carbocycles. The third-order valence-corrected chi connectivity index (χ3v) is 4.28. The number of alkyl halides is 2. The summed E-state index contributed by atoms with van der Waals surface area (Å²) in [6, 6.07) is 13.1. The Morgan fingerprint density at radius 3 is 2.48 bits per heavy atom. The molecule has 0 saturated heterocycles. The topological polar surface area (TPSA) is 67.9 Å². The van der Waals surface area contributed by atoms with Crippen molar-refractivity contribution in [1.29, 1.82) is 0 Å². The van der Waals surface area contributed by atoms with Crippen LogP contribution in [0.5, 0.6) is 11.5 Å². The van der Waals surface area contributed by atoms with Gasteiger partial charge in [-0.25, -0.2) is 0 Å². The molecule has 0 aromatic heterocycles.